The Labute approximate surface area is 162 Å². The average Bonchev–Trinajstić information content (AvgIpc) is 2.99. The first-order valence-corrected chi connectivity index (χ1v) is 8.98. The van der Waals surface area contributed by atoms with Gasteiger partial charge in [-0.15, -0.1) is 10.2 Å². The smallest absolute Gasteiger partial charge is 0.299 e. The van der Waals surface area contributed by atoms with Crippen LogP contribution in [0.5, 0.6) is 0 Å². The Kier molecular flexibility index (Phi) is 5.40. The van der Waals surface area contributed by atoms with Crippen molar-refractivity contribution in [3.63, 3.8) is 0 Å². The van der Waals surface area contributed by atoms with Crippen molar-refractivity contribution in [3.05, 3.63) is 50.8 Å². The summed E-state index contributed by atoms with van der Waals surface area (Å²) in [5.74, 6) is 0.589. The Morgan fingerprint density at radius 2 is 1.88 bits per heavy atom. The van der Waals surface area contributed by atoms with Crippen LogP contribution >= 0.6 is 35.0 Å². The molecule has 3 aromatic rings. The van der Waals surface area contributed by atoms with Crippen LogP contribution in [0, 0.1) is 10.1 Å². The average molecular weight is 411 g/mol. The molecule has 1 aromatic carbocycles. The quantitative estimate of drug-likeness (QED) is 0.341. The molecule has 8 nitrogen and oxygen atoms in total. The monoisotopic (exact) mass is 410 g/mol. The second-order valence-electron chi connectivity index (χ2n) is 5.48. The molecule has 0 atom stereocenters. The van der Waals surface area contributed by atoms with E-state index in [0.717, 1.165) is 24.2 Å². The lowest BCUT2D eigenvalue weighted by molar-refractivity contribution is -0.385. The highest BCUT2D eigenvalue weighted by Gasteiger charge is 2.20. The predicted octanol–water partition coefficient (Wildman–Crippen LogP) is 4.68. The van der Waals surface area contributed by atoms with E-state index in [1.165, 1.54) is 0 Å². The first-order chi connectivity index (χ1) is 12.4. The highest BCUT2D eigenvalue weighted by Crippen LogP contribution is 2.34. The maximum Gasteiger partial charge on any atom is 0.305 e. The SMILES string of the molecule is CC(C)n1c(Sc2ncc([N+](=O)[O-])cn2)nnc1-c1ccc(Cl)cc1Cl. The predicted molar refractivity (Wildman–Crippen MR) is 98.7 cm³/mol. The van der Waals surface area contributed by atoms with Gasteiger partial charge in [-0.1, -0.05) is 23.2 Å². The van der Waals surface area contributed by atoms with Gasteiger partial charge < -0.3 is 0 Å². The Morgan fingerprint density at radius 3 is 2.46 bits per heavy atom. The number of nitrogens with zero attached hydrogens (tertiary/aromatic N) is 6. The van der Waals surface area contributed by atoms with Crippen LogP contribution in [0.15, 0.2) is 40.9 Å². The van der Waals surface area contributed by atoms with Gasteiger partial charge in [0.1, 0.15) is 12.4 Å². The number of hydrogen-bond acceptors (Lipinski definition) is 7. The molecule has 2 aromatic heterocycles. The third kappa shape index (κ3) is 3.79. The summed E-state index contributed by atoms with van der Waals surface area (Å²) in [5, 5.41) is 21.0. The summed E-state index contributed by atoms with van der Waals surface area (Å²) in [6.07, 6.45) is 2.31. The molecule has 0 bridgehead atoms. The molecular formula is C15H12Cl2N6O2S. The minimum Gasteiger partial charge on any atom is -0.299 e. The number of rotatable bonds is 5. The first-order valence-electron chi connectivity index (χ1n) is 7.41. The highest BCUT2D eigenvalue weighted by atomic mass is 35.5. The maximum atomic E-state index is 10.7. The number of aromatic nitrogens is 5. The van der Waals surface area contributed by atoms with Gasteiger partial charge in [-0.3, -0.25) is 14.7 Å². The van der Waals surface area contributed by atoms with E-state index in [9.17, 15) is 10.1 Å². The van der Waals surface area contributed by atoms with E-state index < -0.39 is 4.92 Å². The van der Waals surface area contributed by atoms with E-state index in [4.69, 9.17) is 23.2 Å². The summed E-state index contributed by atoms with van der Waals surface area (Å²) in [7, 11) is 0. The number of nitro groups is 1. The van der Waals surface area contributed by atoms with Crippen LogP contribution in [0.2, 0.25) is 10.0 Å². The van der Waals surface area contributed by atoms with Gasteiger partial charge in [0.25, 0.3) is 0 Å². The van der Waals surface area contributed by atoms with Gasteiger partial charge in [0.15, 0.2) is 16.1 Å². The van der Waals surface area contributed by atoms with Crippen LogP contribution < -0.4 is 0 Å². The summed E-state index contributed by atoms with van der Waals surface area (Å²) in [4.78, 5) is 18.1. The molecule has 26 heavy (non-hydrogen) atoms. The molecule has 0 aliphatic carbocycles. The van der Waals surface area contributed by atoms with Gasteiger partial charge in [-0.25, -0.2) is 9.97 Å². The lowest BCUT2D eigenvalue weighted by Gasteiger charge is -2.14. The first kappa shape index (κ1) is 18.6. The molecule has 0 amide bonds. The van der Waals surface area contributed by atoms with Crippen LogP contribution in [-0.4, -0.2) is 29.7 Å². The maximum absolute atomic E-state index is 10.7. The lowest BCUT2D eigenvalue weighted by atomic mass is 10.2. The van der Waals surface area contributed by atoms with E-state index in [1.54, 1.807) is 18.2 Å². The van der Waals surface area contributed by atoms with Crippen molar-refractivity contribution in [1.29, 1.82) is 0 Å². The summed E-state index contributed by atoms with van der Waals surface area (Å²) in [5.41, 5.74) is 0.530. The van der Waals surface area contributed by atoms with Crippen LogP contribution in [-0.2, 0) is 0 Å². The second-order valence-corrected chi connectivity index (χ2v) is 7.26. The fraction of sp³-hybridized carbons (Fsp3) is 0.200. The van der Waals surface area contributed by atoms with E-state index in [1.807, 2.05) is 18.4 Å². The van der Waals surface area contributed by atoms with Crippen molar-refractivity contribution in [3.8, 4) is 11.4 Å². The Balaban J connectivity index is 1.98. The molecule has 0 radical (unpaired) electrons. The molecule has 0 aliphatic rings. The second kappa shape index (κ2) is 7.56. The molecule has 0 fully saturated rings. The summed E-state index contributed by atoms with van der Waals surface area (Å²) < 4.78 is 1.89. The normalized spacial score (nSPS) is 11.1. The minimum absolute atomic E-state index is 0.0345. The molecule has 11 heteroatoms. The highest BCUT2D eigenvalue weighted by molar-refractivity contribution is 7.99. The van der Waals surface area contributed by atoms with Gasteiger partial charge in [0, 0.05) is 16.6 Å². The van der Waals surface area contributed by atoms with Crippen LogP contribution in [0.25, 0.3) is 11.4 Å². The van der Waals surface area contributed by atoms with E-state index in [0.29, 0.717) is 31.7 Å². The number of hydrogen-bond donors (Lipinski definition) is 0. The molecule has 0 unspecified atom stereocenters. The molecule has 0 aliphatic heterocycles. The summed E-state index contributed by atoms with van der Waals surface area (Å²) in [6, 6.07) is 5.19. The van der Waals surface area contributed by atoms with Crippen LogP contribution in [0.4, 0.5) is 5.69 Å². The largest absolute Gasteiger partial charge is 0.305 e. The van der Waals surface area contributed by atoms with Crippen molar-refractivity contribution < 1.29 is 4.92 Å². The third-order valence-corrected chi connectivity index (χ3v) is 4.76. The van der Waals surface area contributed by atoms with E-state index >= 15 is 0 Å². The van der Waals surface area contributed by atoms with Crippen molar-refractivity contribution in [1.82, 2.24) is 24.7 Å². The van der Waals surface area contributed by atoms with Gasteiger partial charge in [-0.2, -0.15) is 0 Å². The molecule has 0 spiro atoms. The van der Waals surface area contributed by atoms with Crippen molar-refractivity contribution in [2.24, 2.45) is 0 Å². The molecule has 0 saturated heterocycles. The van der Waals surface area contributed by atoms with Crippen molar-refractivity contribution >= 4 is 40.7 Å². The Hall–Kier alpha value is -2.23. The molecule has 0 N–H and O–H groups in total. The fourth-order valence-corrected chi connectivity index (χ4v) is 3.55. The van der Waals surface area contributed by atoms with E-state index in [-0.39, 0.29) is 11.7 Å². The van der Waals surface area contributed by atoms with Gasteiger partial charge in [-0.05, 0) is 43.8 Å². The Bertz CT molecular complexity index is 961. The topological polar surface area (TPSA) is 99.6 Å². The number of benzene rings is 1. The van der Waals surface area contributed by atoms with Crippen molar-refractivity contribution in [2.75, 3.05) is 0 Å². The van der Waals surface area contributed by atoms with Gasteiger partial charge >= 0.3 is 5.69 Å². The summed E-state index contributed by atoms with van der Waals surface area (Å²) in [6.45, 7) is 3.97. The van der Waals surface area contributed by atoms with Crippen LogP contribution in [0.1, 0.15) is 19.9 Å². The van der Waals surface area contributed by atoms with E-state index in [2.05, 4.69) is 20.2 Å². The van der Waals surface area contributed by atoms with Crippen LogP contribution in [0.3, 0.4) is 0 Å². The molecule has 2 heterocycles. The third-order valence-electron chi connectivity index (χ3n) is 3.36. The molecule has 0 saturated carbocycles. The molecular weight excluding hydrogens is 399 g/mol. The zero-order valence-corrected chi connectivity index (χ0v) is 16.0. The summed E-state index contributed by atoms with van der Waals surface area (Å²) >= 11 is 13.4. The van der Waals surface area contributed by atoms with Gasteiger partial charge in [0.2, 0.25) is 0 Å². The molecule has 134 valence electrons. The lowest BCUT2D eigenvalue weighted by Crippen LogP contribution is -2.05. The zero-order chi connectivity index (χ0) is 18.8. The van der Waals surface area contributed by atoms with Crippen molar-refractivity contribution in [2.45, 2.75) is 30.2 Å². The number of halogens is 2. The van der Waals surface area contributed by atoms with Gasteiger partial charge in [0.05, 0.1) is 9.95 Å². The Morgan fingerprint density at radius 1 is 1.19 bits per heavy atom. The standard InChI is InChI=1S/C15H12Cl2N6O2S/c1-8(2)22-13(11-4-3-9(16)5-12(11)17)20-21-15(22)26-14-18-6-10(7-19-14)23(24)25/h3-8H,1-2H3. The zero-order valence-electron chi connectivity index (χ0n) is 13.6. The fourth-order valence-electron chi connectivity index (χ4n) is 2.20. The molecule has 3 rings (SSSR count). The minimum atomic E-state index is -0.550.